The van der Waals surface area contributed by atoms with E-state index >= 15 is 0 Å². The second-order valence-corrected chi connectivity index (χ2v) is 10.6. The van der Waals surface area contributed by atoms with E-state index in [0.29, 0.717) is 17.9 Å². The summed E-state index contributed by atoms with van der Waals surface area (Å²) < 4.78 is 6.01. The number of unbranched alkanes of at least 4 members (excludes halogenated alkanes) is 9. The average Bonchev–Trinajstić information content (AvgIpc) is 3.27. The zero-order valence-corrected chi connectivity index (χ0v) is 22.4. The molecule has 1 aliphatic rings. The number of carbonyl (C=O) groups is 1. The standard InChI is InChI=1S/C30H42N2O2S/c1-3-4-5-6-7-8-9-10-11-14-20-34-29-19-13-12-18-28(29)30(33)31-27-17-15-16-26(21-27)23-32-22-25(2)35-24-32/h12-13,15-19,21-22H,3-11,14,20,23-24H2,1-2H3,(H,31,33). The lowest BCUT2D eigenvalue weighted by atomic mass is 10.1. The van der Waals surface area contributed by atoms with Crippen molar-refractivity contribution in [3.8, 4) is 5.75 Å². The Balaban J connectivity index is 1.41. The fourth-order valence-corrected chi connectivity index (χ4v) is 5.10. The number of benzene rings is 2. The van der Waals surface area contributed by atoms with Crippen molar-refractivity contribution in [1.82, 2.24) is 4.90 Å². The number of anilines is 1. The maximum atomic E-state index is 13.0. The molecule has 0 spiro atoms. The Morgan fingerprint density at radius 3 is 2.37 bits per heavy atom. The van der Waals surface area contributed by atoms with Crippen LogP contribution in [0.25, 0.3) is 0 Å². The Morgan fingerprint density at radius 2 is 1.66 bits per heavy atom. The highest BCUT2D eigenvalue weighted by molar-refractivity contribution is 8.03. The first kappa shape index (κ1) is 27.2. The number of para-hydroxylation sites is 1. The number of hydrogen-bond acceptors (Lipinski definition) is 4. The molecule has 0 unspecified atom stereocenters. The number of nitrogens with zero attached hydrogens (tertiary/aromatic N) is 1. The molecule has 0 saturated carbocycles. The van der Waals surface area contributed by atoms with Gasteiger partial charge in [0.2, 0.25) is 0 Å². The van der Waals surface area contributed by atoms with Gasteiger partial charge in [0, 0.05) is 18.4 Å². The molecular weight excluding hydrogens is 452 g/mol. The van der Waals surface area contributed by atoms with Gasteiger partial charge in [-0.1, -0.05) is 89.0 Å². The molecule has 0 aliphatic carbocycles. The van der Waals surface area contributed by atoms with E-state index in [-0.39, 0.29) is 5.91 Å². The topological polar surface area (TPSA) is 41.6 Å². The first-order chi connectivity index (χ1) is 17.2. The fraction of sp³-hybridized carbons (Fsp3) is 0.500. The molecule has 1 heterocycles. The average molecular weight is 495 g/mol. The van der Waals surface area contributed by atoms with E-state index in [1.807, 2.05) is 48.2 Å². The number of thioether (sulfide) groups is 1. The van der Waals surface area contributed by atoms with Crippen LogP contribution < -0.4 is 10.1 Å². The smallest absolute Gasteiger partial charge is 0.259 e. The van der Waals surface area contributed by atoms with Crippen molar-refractivity contribution < 1.29 is 9.53 Å². The third-order valence-corrected chi connectivity index (χ3v) is 7.30. The molecule has 0 bridgehead atoms. The van der Waals surface area contributed by atoms with Crippen LogP contribution in [0.1, 0.15) is 94.0 Å². The van der Waals surface area contributed by atoms with Gasteiger partial charge in [0.05, 0.1) is 18.0 Å². The predicted octanol–water partition coefficient (Wildman–Crippen LogP) is 8.61. The lowest BCUT2D eigenvalue weighted by molar-refractivity contribution is 0.102. The molecule has 4 nitrogen and oxygen atoms in total. The van der Waals surface area contributed by atoms with Crippen LogP contribution in [0.5, 0.6) is 5.75 Å². The fourth-order valence-electron chi connectivity index (χ4n) is 4.34. The van der Waals surface area contributed by atoms with Crippen molar-refractivity contribution in [2.75, 3.05) is 17.8 Å². The van der Waals surface area contributed by atoms with Gasteiger partial charge >= 0.3 is 0 Å². The molecule has 1 amide bonds. The number of carbonyl (C=O) groups excluding carboxylic acids is 1. The molecule has 0 atom stereocenters. The number of ether oxygens (including phenoxy) is 1. The third-order valence-electron chi connectivity index (χ3n) is 6.28. The van der Waals surface area contributed by atoms with E-state index in [9.17, 15) is 4.79 Å². The Hall–Kier alpha value is -2.40. The zero-order valence-electron chi connectivity index (χ0n) is 21.6. The van der Waals surface area contributed by atoms with E-state index < -0.39 is 0 Å². The minimum Gasteiger partial charge on any atom is -0.493 e. The summed E-state index contributed by atoms with van der Waals surface area (Å²) in [5.74, 6) is 1.51. The van der Waals surface area contributed by atoms with Crippen LogP contribution >= 0.6 is 11.8 Å². The summed E-state index contributed by atoms with van der Waals surface area (Å²) in [6, 6.07) is 15.6. The van der Waals surface area contributed by atoms with Crippen molar-refractivity contribution in [3.63, 3.8) is 0 Å². The van der Waals surface area contributed by atoms with Crippen molar-refractivity contribution in [2.45, 2.75) is 84.6 Å². The second kappa shape index (κ2) is 15.6. The zero-order chi connectivity index (χ0) is 24.7. The van der Waals surface area contributed by atoms with E-state index in [0.717, 1.165) is 24.5 Å². The molecular formula is C30H42N2O2S. The SMILES string of the molecule is CCCCCCCCCCCCOc1ccccc1C(=O)Nc1cccc(CN2C=C(C)SC2)c1. The second-order valence-electron chi connectivity index (χ2n) is 9.44. The van der Waals surface area contributed by atoms with Gasteiger partial charge in [-0.3, -0.25) is 4.79 Å². The normalized spacial score (nSPS) is 13.1. The van der Waals surface area contributed by atoms with E-state index in [1.54, 1.807) is 0 Å². The highest BCUT2D eigenvalue weighted by atomic mass is 32.2. The summed E-state index contributed by atoms with van der Waals surface area (Å²) in [6.45, 7) is 5.89. The number of hydrogen-bond donors (Lipinski definition) is 1. The lowest BCUT2D eigenvalue weighted by Gasteiger charge is -2.16. The minimum absolute atomic E-state index is 0.131. The van der Waals surface area contributed by atoms with Crippen LogP contribution in [0.3, 0.4) is 0 Å². The predicted molar refractivity (Wildman–Crippen MR) is 150 cm³/mol. The van der Waals surface area contributed by atoms with Crippen molar-refractivity contribution >= 4 is 23.4 Å². The van der Waals surface area contributed by atoms with Gasteiger partial charge < -0.3 is 15.0 Å². The van der Waals surface area contributed by atoms with Crippen LogP contribution in [0.4, 0.5) is 5.69 Å². The summed E-state index contributed by atoms with van der Waals surface area (Å²) in [6.07, 6.45) is 15.2. The van der Waals surface area contributed by atoms with Crippen LogP contribution in [0.15, 0.2) is 59.6 Å². The summed E-state index contributed by atoms with van der Waals surface area (Å²) in [4.78, 5) is 16.6. The molecule has 2 aromatic carbocycles. The molecule has 2 aromatic rings. The largest absolute Gasteiger partial charge is 0.493 e. The van der Waals surface area contributed by atoms with Crippen LogP contribution in [-0.2, 0) is 6.54 Å². The molecule has 0 fully saturated rings. The summed E-state index contributed by atoms with van der Waals surface area (Å²) in [7, 11) is 0. The summed E-state index contributed by atoms with van der Waals surface area (Å²) in [5, 5.41) is 3.06. The monoisotopic (exact) mass is 494 g/mol. The molecule has 3 rings (SSSR count). The maximum Gasteiger partial charge on any atom is 0.259 e. The van der Waals surface area contributed by atoms with Crippen LogP contribution in [0, 0.1) is 0 Å². The van der Waals surface area contributed by atoms with Gasteiger partial charge in [0.15, 0.2) is 0 Å². The molecule has 0 saturated heterocycles. The van der Waals surface area contributed by atoms with E-state index in [1.165, 1.54) is 68.3 Å². The Bertz CT molecular complexity index is 943. The van der Waals surface area contributed by atoms with Gasteiger partial charge in [0.25, 0.3) is 5.91 Å². The number of nitrogens with one attached hydrogen (secondary N) is 1. The third kappa shape index (κ3) is 10.0. The number of rotatable bonds is 16. The molecule has 35 heavy (non-hydrogen) atoms. The Morgan fingerprint density at radius 1 is 0.943 bits per heavy atom. The van der Waals surface area contributed by atoms with Gasteiger partial charge in [-0.05, 0) is 48.1 Å². The van der Waals surface area contributed by atoms with Crippen LogP contribution in [-0.4, -0.2) is 23.3 Å². The van der Waals surface area contributed by atoms with Gasteiger partial charge in [-0.2, -0.15) is 0 Å². The van der Waals surface area contributed by atoms with Crippen LogP contribution in [0.2, 0.25) is 0 Å². The number of allylic oxidation sites excluding steroid dienone is 1. The molecule has 1 N–H and O–H groups in total. The summed E-state index contributed by atoms with van der Waals surface area (Å²) in [5.41, 5.74) is 2.57. The molecule has 190 valence electrons. The van der Waals surface area contributed by atoms with E-state index in [2.05, 4.69) is 42.4 Å². The van der Waals surface area contributed by atoms with Crippen molar-refractivity contribution in [3.05, 3.63) is 70.8 Å². The number of amides is 1. The Kier molecular flexibility index (Phi) is 12.1. The minimum atomic E-state index is -0.131. The van der Waals surface area contributed by atoms with Crippen molar-refractivity contribution in [1.29, 1.82) is 0 Å². The molecule has 0 aromatic heterocycles. The van der Waals surface area contributed by atoms with Gasteiger partial charge in [-0.15, -0.1) is 11.8 Å². The highest BCUT2D eigenvalue weighted by Crippen LogP contribution is 2.26. The van der Waals surface area contributed by atoms with Gasteiger partial charge in [-0.25, -0.2) is 0 Å². The lowest BCUT2D eigenvalue weighted by Crippen LogP contribution is -2.15. The van der Waals surface area contributed by atoms with Gasteiger partial charge in [0.1, 0.15) is 5.75 Å². The Labute approximate surface area is 216 Å². The van der Waals surface area contributed by atoms with Crippen molar-refractivity contribution in [2.24, 2.45) is 0 Å². The van der Waals surface area contributed by atoms with E-state index in [4.69, 9.17) is 4.74 Å². The first-order valence-corrected chi connectivity index (χ1v) is 14.3. The quantitative estimate of drug-likeness (QED) is 0.237. The highest BCUT2D eigenvalue weighted by Gasteiger charge is 2.14. The molecule has 1 aliphatic heterocycles. The molecule has 0 radical (unpaired) electrons. The summed E-state index contributed by atoms with van der Waals surface area (Å²) >= 11 is 1.86. The maximum absolute atomic E-state index is 13.0. The molecule has 5 heteroatoms. The first-order valence-electron chi connectivity index (χ1n) is 13.3.